The third-order valence-electron chi connectivity index (χ3n) is 6.59. The van der Waals surface area contributed by atoms with E-state index in [0.717, 1.165) is 16.7 Å². The van der Waals surface area contributed by atoms with Crippen molar-refractivity contribution in [1.82, 2.24) is 15.1 Å². The van der Waals surface area contributed by atoms with Crippen molar-refractivity contribution in [2.24, 2.45) is 0 Å². The van der Waals surface area contributed by atoms with Gasteiger partial charge in [-0.25, -0.2) is 9.59 Å². The van der Waals surface area contributed by atoms with E-state index in [0.29, 0.717) is 26.2 Å². The molecule has 0 spiro atoms. The standard InChI is InChI=1S/C27H27N3O3/c1-20-12-14-21(15-13-20)18-28-25(31)29-16-17-30-24(19-29)27(33-26(30)32,22-8-4-2-5-9-22)23-10-6-3-7-11-23/h2-15,24H,16-19H2,1H3,(H,28,31). The van der Waals surface area contributed by atoms with Crippen molar-refractivity contribution in [3.63, 3.8) is 0 Å². The Morgan fingerprint density at radius 2 is 1.55 bits per heavy atom. The van der Waals surface area contributed by atoms with Gasteiger partial charge in [-0.2, -0.15) is 0 Å². The largest absolute Gasteiger partial charge is 0.431 e. The number of hydrogen-bond acceptors (Lipinski definition) is 3. The van der Waals surface area contributed by atoms with Crippen LogP contribution >= 0.6 is 0 Å². The number of hydrogen-bond donors (Lipinski definition) is 1. The van der Waals surface area contributed by atoms with Crippen LogP contribution in [0.1, 0.15) is 22.3 Å². The lowest BCUT2D eigenvalue weighted by Gasteiger charge is -2.42. The zero-order valence-corrected chi connectivity index (χ0v) is 18.6. The van der Waals surface area contributed by atoms with Gasteiger partial charge in [-0.1, -0.05) is 90.5 Å². The van der Waals surface area contributed by atoms with Gasteiger partial charge < -0.3 is 15.0 Å². The van der Waals surface area contributed by atoms with E-state index in [1.807, 2.05) is 91.9 Å². The molecule has 0 radical (unpaired) electrons. The van der Waals surface area contributed by atoms with Gasteiger partial charge in [-0.3, -0.25) is 4.90 Å². The fraction of sp³-hybridized carbons (Fsp3) is 0.259. The number of nitrogens with one attached hydrogen (secondary N) is 1. The van der Waals surface area contributed by atoms with Crippen molar-refractivity contribution >= 4 is 12.1 Å². The van der Waals surface area contributed by atoms with Crippen molar-refractivity contribution < 1.29 is 14.3 Å². The second-order valence-electron chi connectivity index (χ2n) is 8.64. The monoisotopic (exact) mass is 441 g/mol. The van der Waals surface area contributed by atoms with Crippen molar-refractivity contribution in [1.29, 1.82) is 0 Å². The summed E-state index contributed by atoms with van der Waals surface area (Å²) in [5, 5.41) is 3.03. The van der Waals surface area contributed by atoms with E-state index < -0.39 is 5.60 Å². The van der Waals surface area contributed by atoms with Gasteiger partial charge in [0.15, 0.2) is 5.60 Å². The molecule has 6 nitrogen and oxygen atoms in total. The maximum atomic E-state index is 13.1. The zero-order valence-electron chi connectivity index (χ0n) is 18.6. The van der Waals surface area contributed by atoms with Crippen LogP contribution in [0.15, 0.2) is 84.9 Å². The lowest BCUT2D eigenvalue weighted by molar-refractivity contribution is 0.0511. The maximum Gasteiger partial charge on any atom is 0.411 e. The Balaban J connectivity index is 1.42. The van der Waals surface area contributed by atoms with E-state index in [1.54, 1.807) is 9.80 Å². The molecule has 1 unspecified atom stereocenters. The number of carbonyl (C=O) groups excluding carboxylic acids is 2. The predicted molar refractivity (Wildman–Crippen MR) is 126 cm³/mol. The molecule has 5 rings (SSSR count). The highest BCUT2D eigenvalue weighted by atomic mass is 16.6. The number of rotatable bonds is 4. The summed E-state index contributed by atoms with van der Waals surface area (Å²) in [6, 6.07) is 27.3. The minimum Gasteiger partial charge on any atom is -0.431 e. The second kappa shape index (κ2) is 8.62. The molecular formula is C27H27N3O3. The summed E-state index contributed by atoms with van der Waals surface area (Å²) in [5.74, 6) is 0. The fourth-order valence-electron chi connectivity index (χ4n) is 4.83. The zero-order chi connectivity index (χ0) is 22.8. The summed E-state index contributed by atoms with van der Waals surface area (Å²) in [4.78, 5) is 29.6. The molecule has 6 heteroatoms. The first-order valence-electron chi connectivity index (χ1n) is 11.3. The lowest BCUT2D eigenvalue weighted by Crippen LogP contribution is -2.59. The molecule has 33 heavy (non-hydrogen) atoms. The molecular weight excluding hydrogens is 414 g/mol. The van der Waals surface area contributed by atoms with Gasteiger partial charge in [0.25, 0.3) is 0 Å². The highest BCUT2D eigenvalue weighted by Gasteiger charge is 2.58. The summed E-state index contributed by atoms with van der Waals surface area (Å²) < 4.78 is 6.17. The molecule has 2 aliphatic rings. The summed E-state index contributed by atoms with van der Waals surface area (Å²) in [6.07, 6.45) is -0.340. The molecule has 0 saturated carbocycles. The van der Waals surface area contributed by atoms with Crippen LogP contribution in [-0.4, -0.2) is 47.6 Å². The van der Waals surface area contributed by atoms with Crippen molar-refractivity contribution in [2.75, 3.05) is 19.6 Å². The van der Waals surface area contributed by atoms with Gasteiger partial charge in [-0.05, 0) is 12.5 Å². The summed E-state index contributed by atoms with van der Waals surface area (Å²) in [6.45, 7) is 3.78. The number of urea groups is 1. The first-order chi connectivity index (χ1) is 16.1. The SMILES string of the molecule is Cc1ccc(CNC(=O)N2CCN3C(=O)OC(c4ccccc4)(c4ccccc4)C3C2)cc1. The average molecular weight is 442 g/mol. The van der Waals surface area contributed by atoms with E-state index in [4.69, 9.17) is 4.74 Å². The Morgan fingerprint density at radius 3 is 2.15 bits per heavy atom. The quantitative estimate of drug-likeness (QED) is 0.657. The van der Waals surface area contributed by atoms with Crippen LogP contribution in [0.3, 0.4) is 0 Å². The van der Waals surface area contributed by atoms with Gasteiger partial charge >= 0.3 is 12.1 Å². The van der Waals surface area contributed by atoms with Crippen LogP contribution in [0.5, 0.6) is 0 Å². The summed E-state index contributed by atoms with van der Waals surface area (Å²) in [7, 11) is 0. The Morgan fingerprint density at radius 1 is 0.939 bits per heavy atom. The Kier molecular flexibility index (Phi) is 5.50. The van der Waals surface area contributed by atoms with Crippen LogP contribution in [0.2, 0.25) is 0 Å². The van der Waals surface area contributed by atoms with Crippen molar-refractivity contribution in [3.8, 4) is 0 Å². The van der Waals surface area contributed by atoms with Crippen molar-refractivity contribution in [3.05, 3.63) is 107 Å². The number of carbonyl (C=O) groups is 2. The van der Waals surface area contributed by atoms with Gasteiger partial charge in [-0.15, -0.1) is 0 Å². The topological polar surface area (TPSA) is 61.9 Å². The number of nitrogens with zero attached hydrogens (tertiary/aromatic N) is 2. The molecule has 2 aliphatic heterocycles. The number of amides is 3. The normalized spacial score (nSPS) is 19.1. The van der Waals surface area contributed by atoms with E-state index in [-0.39, 0.29) is 18.2 Å². The highest BCUT2D eigenvalue weighted by Crippen LogP contribution is 2.45. The minimum atomic E-state index is -0.977. The van der Waals surface area contributed by atoms with Crippen LogP contribution in [-0.2, 0) is 16.9 Å². The average Bonchev–Trinajstić information content (AvgIpc) is 3.17. The Labute approximate surface area is 193 Å². The van der Waals surface area contributed by atoms with Crippen molar-refractivity contribution in [2.45, 2.75) is 25.1 Å². The molecule has 0 aliphatic carbocycles. The molecule has 0 aromatic heterocycles. The molecule has 0 bridgehead atoms. The van der Waals surface area contributed by atoms with E-state index >= 15 is 0 Å². The summed E-state index contributed by atoms with van der Waals surface area (Å²) >= 11 is 0. The van der Waals surface area contributed by atoms with E-state index in [9.17, 15) is 9.59 Å². The number of ether oxygens (including phenoxy) is 1. The maximum absolute atomic E-state index is 13.1. The molecule has 168 valence electrons. The minimum absolute atomic E-state index is 0.135. The first kappa shape index (κ1) is 21.1. The first-order valence-corrected chi connectivity index (χ1v) is 11.3. The van der Waals surface area contributed by atoms with Crippen LogP contribution in [0.4, 0.5) is 9.59 Å². The lowest BCUT2D eigenvalue weighted by atomic mass is 9.79. The molecule has 3 amide bonds. The summed E-state index contributed by atoms with van der Waals surface area (Å²) in [5.41, 5.74) is 3.06. The van der Waals surface area contributed by atoms with Crippen LogP contribution < -0.4 is 5.32 Å². The molecule has 1 atom stereocenters. The van der Waals surface area contributed by atoms with Crippen LogP contribution in [0.25, 0.3) is 0 Å². The second-order valence-corrected chi connectivity index (χ2v) is 8.64. The predicted octanol–water partition coefficient (Wildman–Crippen LogP) is 4.28. The highest BCUT2D eigenvalue weighted by molar-refractivity contribution is 5.77. The van der Waals surface area contributed by atoms with E-state index in [2.05, 4.69) is 5.32 Å². The van der Waals surface area contributed by atoms with Gasteiger partial charge in [0, 0.05) is 37.3 Å². The third kappa shape index (κ3) is 3.82. The van der Waals surface area contributed by atoms with Crippen LogP contribution in [0, 0.1) is 6.92 Å². The molecule has 1 N–H and O–H groups in total. The van der Waals surface area contributed by atoms with Gasteiger partial charge in [0.2, 0.25) is 0 Å². The molecule has 2 fully saturated rings. The number of fused-ring (bicyclic) bond motifs is 1. The number of benzene rings is 3. The molecule has 3 aromatic rings. The smallest absolute Gasteiger partial charge is 0.411 e. The molecule has 3 aromatic carbocycles. The number of cyclic esters (lactones) is 1. The Hall–Kier alpha value is -3.80. The number of piperazine rings is 1. The number of aryl methyl sites for hydroxylation is 1. The van der Waals surface area contributed by atoms with Gasteiger partial charge in [0.05, 0.1) is 0 Å². The van der Waals surface area contributed by atoms with Gasteiger partial charge in [0.1, 0.15) is 6.04 Å². The molecule has 2 heterocycles. The third-order valence-corrected chi connectivity index (χ3v) is 6.59. The fourth-order valence-corrected chi connectivity index (χ4v) is 4.83. The Bertz CT molecular complexity index is 1090. The van der Waals surface area contributed by atoms with E-state index in [1.165, 1.54) is 5.56 Å². The molecule has 2 saturated heterocycles.